The van der Waals surface area contributed by atoms with Gasteiger partial charge in [0.15, 0.2) is 0 Å². The minimum absolute atomic E-state index is 0.0922. The van der Waals surface area contributed by atoms with Crippen molar-refractivity contribution in [1.82, 2.24) is 5.32 Å². The van der Waals surface area contributed by atoms with Gasteiger partial charge in [0.25, 0.3) is 0 Å². The molecule has 1 amide bonds. The molecule has 0 bridgehead atoms. The number of benzene rings is 1. The van der Waals surface area contributed by atoms with Crippen molar-refractivity contribution < 1.29 is 9.53 Å². The molecule has 0 aliphatic rings. The van der Waals surface area contributed by atoms with Crippen LogP contribution in [0.2, 0.25) is 0 Å². The molecule has 0 saturated heterocycles. The normalized spacial score (nSPS) is 12.4. The van der Waals surface area contributed by atoms with Crippen LogP contribution in [-0.2, 0) is 16.0 Å². The first kappa shape index (κ1) is 14.7. The SMILES string of the molecule is COC[C@@H](NC(=O)CCc1ccccc1)C(C)C. The van der Waals surface area contributed by atoms with E-state index in [1.807, 2.05) is 30.3 Å². The van der Waals surface area contributed by atoms with Gasteiger partial charge in [0.2, 0.25) is 5.91 Å². The van der Waals surface area contributed by atoms with Gasteiger partial charge in [0, 0.05) is 13.5 Å². The first-order chi connectivity index (χ1) is 8.63. The van der Waals surface area contributed by atoms with Crippen LogP contribution < -0.4 is 5.32 Å². The Hall–Kier alpha value is -1.35. The molecule has 1 atom stereocenters. The van der Waals surface area contributed by atoms with Crippen LogP contribution >= 0.6 is 0 Å². The molecule has 3 nitrogen and oxygen atoms in total. The Labute approximate surface area is 110 Å². The van der Waals surface area contributed by atoms with Gasteiger partial charge in [-0.2, -0.15) is 0 Å². The highest BCUT2D eigenvalue weighted by Gasteiger charge is 2.15. The van der Waals surface area contributed by atoms with Crippen LogP contribution in [0.5, 0.6) is 0 Å². The van der Waals surface area contributed by atoms with Gasteiger partial charge in [-0.15, -0.1) is 0 Å². The molecule has 3 heteroatoms. The van der Waals surface area contributed by atoms with Crippen LogP contribution in [0.15, 0.2) is 30.3 Å². The first-order valence-corrected chi connectivity index (χ1v) is 6.45. The quantitative estimate of drug-likeness (QED) is 0.806. The van der Waals surface area contributed by atoms with Crippen molar-refractivity contribution in [2.24, 2.45) is 5.92 Å². The molecular weight excluding hydrogens is 226 g/mol. The van der Waals surface area contributed by atoms with Crippen LogP contribution in [0.1, 0.15) is 25.8 Å². The second-order valence-corrected chi connectivity index (χ2v) is 4.86. The fourth-order valence-corrected chi connectivity index (χ4v) is 1.76. The predicted octanol–water partition coefficient (Wildman–Crippen LogP) is 2.41. The summed E-state index contributed by atoms with van der Waals surface area (Å²) in [5, 5.41) is 3.02. The summed E-state index contributed by atoms with van der Waals surface area (Å²) in [6, 6.07) is 10.2. The average Bonchev–Trinajstić information content (AvgIpc) is 2.37. The maximum Gasteiger partial charge on any atom is 0.220 e. The molecule has 1 aromatic rings. The standard InChI is InChI=1S/C15H23NO2/c1-12(2)14(11-18-3)16-15(17)10-9-13-7-5-4-6-8-13/h4-8,12,14H,9-11H2,1-3H3,(H,16,17)/t14-/m1/s1. The number of methoxy groups -OCH3 is 1. The third kappa shape index (κ3) is 5.32. The molecule has 0 heterocycles. The summed E-state index contributed by atoms with van der Waals surface area (Å²) in [5.74, 6) is 0.472. The predicted molar refractivity (Wildman–Crippen MR) is 73.4 cm³/mol. The minimum atomic E-state index is 0.0922. The Morgan fingerprint density at radius 1 is 1.28 bits per heavy atom. The summed E-state index contributed by atoms with van der Waals surface area (Å²) in [5.41, 5.74) is 1.19. The maximum absolute atomic E-state index is 11.8. The molecule has 0 radical (unpaired) electrons. The number of ether oxygens (including phenoxy) is 1. The zero-order valence-electron chi connectivity index (χ0n) is 11.5. The van der Waals surface area contributed by atoms with Crippen LogP contribution in [0.25, 0.3) is 0 Å². The lowest BCUT2D eigenvalue weighted by Crippen LogP contribution is -2.41. The van der Waals surface area contributed by atoms with Crippen LogP contribution in [-0.4, -0.2) is 25.7 Å². The molecule has 18 heavy (non-hydrogen) atoms. The Bertz CT molecular complexity index is 349. The van der Waals surface area contributed by atoms with E-state index in [0.29, 0.717) is 18.9 Å². The molecule has 1 rings (SSSR count). The Morgan fingerprint density at radius 3 is 2.50 bits per heavy atom. The van der Waals surface area contributed by atoms with Crippen molar-refractivity contribution in [2.75, 3.05) is 13.7 Å². The van der Waals surface area contributed by atoms with Crippen LogP contribution in [0, 0.1) is 5.92 Å². The number of hydrogen-bond donors (Lipinski definition) is 1. The molecule has 100 valence electrons. The molecule has 0 fully saturated rings. The lowest BCUT2D eigenvalue weighted by Gasteiger charge is -2.21. The van der Waals surface area contributed by atoms with Gasteiger partial charge in [-0.25, -0.2) is 0 Å². The van der Waals surface area contributed by atoms with E-state index in [9.17, 15) is 4.79 Å². The van der Waals surface area contributed by atoms with E-state index >= 15 is 0 Å². The highest BCUT2D eigenvalue weighted by atomic mass is 16.5. The summed E-state index contributed by atoms with van der Waals surface area (Å²) in [4.78, 5) is 11.8. The van der Waals surface area contributed by atoms with Crippen molar-refractivity contribution in [2.45, 2.75) is 32.7 Å². The van der Waals surface area contributed by atoms with Crippen LogP contribution in [0.4, 0.5) is 0 Å². The first-order valence-electron chi connectivity index (χ1n) is 6.45. The number of nitrogens with one attached hydrogen (secondary N) is 1. The van der Waals surface area contributed by atoms with Crippen molar-refractivity contribution in [1.29, 1.82) is 0 Å². The van der Waals surface area contributed by atoms with E-state index in [-0.39, 0.29) is 11.9 Å². The Morgan fingerprint density at radius 2 is 1.94 bits per heavy atom. The maximum atomic E-state index is 11.8. The van der Waals surface area contributed by atoms with Gasteiger partial charge in [0.05, 0.1) is 12.6 Å². The molecule has 0 aliphatic heterocycles. The van der Waals surface area contributed by atoms with E-state index in [1.54, 1.807) is 7.11 Å². The average molecular weight is 249 g/mol. The molecule has 0 aliphatic carbocycles. The molecule has 0 aromatic heterocycles. The second-order valence-electron chi connectivity index (χ2n) is 4.86. The Balaban J connectivity index is 2.36. The van der Waals surface area contributed by atoms with Gasteiger partial charge < -0.3 is 10.1 Å². The Kier molecular flexibility index (Phi) is 6.44. The number of amides is 1. The van der Waals surface area contributed by atoms with Crippen molar-refractivity contribution >= 4 is 5.91 Å². The highest BCUT2D eigenvalue weighted by Crippen LogP contribution is 2.05. The third-order valence-electron chi connectivity index (χ3n) is 2.98. The molecule has 1 N–H and O–H groups in total. The number of carbonyl (C=O) groups excluding carboxylic acids is 1. The van der Waals surface area contributed by atoms with E-state index in [0.717, 1.165) is 6.42 Å². The summed E-state index contributed by atoms with van der Waals surface area (Å²) >= 11 is 0. The molecule has 0 unspecified atom stereocenters. The number of hydrogen-bond acceptors (Lipinski definition) is 2. The lowest BCUT2D eigenvalue weighted by molar-refractivity contribution is -0.122. The van der Waals surface area contributed by atoms with Crippen LogP contribution in [0.3, 0.4) is 0 Å². The van der Waals surface area contributed by atoms with Gasteiger partial charge in [-0.05, 0) is 17.9 Å². The summed E-state index contributed by atoms with van der Waals surface area (Å²) in [6.07, 6.45) is 1.31. The molecular formula is C15H23NO2. The van der Waals surface area contributed by atoms with E-state index in [1.165, 1.54) is 5.56 Å². The fourth-order valence-electron chi connectivity index (χ4n) is 1.76. The summed E-state index contributed by atoms with van der Waals surface area (Å²) < 4.78 is 5.11. The van der Waals surface area contributed by atoms with Gasteiger partial charge in [0.1, 0.15) is 0 Å². The van der Waals surface area contributed by atoms with E-state index in [2.05, 4.69) is 19.2 Å². The zero-order valence-corrected chi connectivity index (χ0v) is 11.5. The molecule has 1 aromatic carbocycles. The fraction of sp³-hybridized carbons (Fsp3) is 0.533. The second kappa shape index (κ2) is 7.88. The van der Waals surface area contributed by atoms with E-state index in [4.69, 9.17) is 4.74 Å². The minimum Gasteiger partial charge on any atom is -0.383 e. The summed E-state index contributed by atoms with van der Waals surface area (Å²) in [6.45, 7) is 4.73. The van der Waals surface area contributed by atoms with Gasteiger partial charge in [-0.1, -0.05) is 44.2 Å². The number of aryl methyl sites for hydroxylation is 1. The third-order valence-corrected chi connectivity index (χ3v) is 2.98. The van der Waals surface area contributed by atoms with Crippen molar-refractivity contribution in [3.63, 3.8) is 0 Å². The monoisotopic (exact) mass is 249 g/mol. The molecule has 0 saturated carbocycles. The smallest absolute Gasteiger partial charge is 0.220 e. The zero-order chi connectivity index (χ0) is 13.4. The van der Waals surface area contributed by atoms with Gasteiger partial charge >= 0.3 is 0 Å². The van der Waals surface area contributed by atoms with E-state index < -0.39 is 0 Å². The molecule has 0 spiro atoms. The number of carbonyl (C=O) groups is 1. The largest absolute Gasteiger partial charge is 0.383 e. The lowest BCUT2D eigenvalue weighted by atomic mass is 10.0. The highest BCUT2D eigenvalue weighted by molar-refractivity contribution is 5.76. The topological polar surface area (TPSA) is 38.3 Å². The van der Waals surface area contributed by atoms with Gasteiger partial charge in [-0.3, -0.25) is 4.79 Å². The van der Waals surface area contributed by atoms with Crippen molar-refractivity contribution in [3.05, 3.63) is 35.9 Å². The van der Waals surface area contributed by atoms with Crippen molar-refractivity contribution in [3.8, 4) is 0 Å². The number of rotatable bonds is 7. The summed E-state index contributed by atoms with van der Waals surface area (Å²) in [7, 11) is 1.66.